The molecule has 1 fully saturated rings. The summed E-state index contributed by atoms with van der Waals surface area (Å²) in [5.41, 5.74) is 1.51. The van der Waals surface area contributed by atoms with Gasteiger partial charge < -0.3 is 24.4 Å². The highest BCUT2D eigenvalue weighted by Gasteiger charge is 2.48. The molecule has 2 N–H and O–H groups in total. The van der Waals surface area contributed by atoms with E-state index in [9.17, 15) is 19.5 Å². The standard InChI is InChI=1S/C28H25NO8/c1-35-20-7-5-4-6-19(20)25-24(26(32)17-10-13-21(36-2)22(15-17)37-3)27(33)28(34)29(25)18-11-8-16(9-12-18)14-23(30)31/h4-13,15,25,32H,14H2,1-3H3,(H,30,31)/b26-24+. The van der Waals surface area contributed by atoms with Crippen LogP contribution in [-0.2, 0) is 20.8 Å². The maximum absolute atomic E-state index is 13.4. The van der Waals surface area contributed by atoms with Gasteiger partial charge in [0.25, 0.3) is 11.7 Å². The Morgan fingerprint density at radius 2 is 1.49 bits per heavy atom. The molecule has 1 aliphatic heterocycles. The highest BCUT2D eigenvalue weighted by Crippen LogP contribution is 2.45. The molecule has 1 saturated heterocycles. The summed E-state index contributed by atoms with van der Waals surface area (Å²) < 4.78 is 16.1. The van der Waals surface area contributed by atoms with Crippen molar-refractivity contribution in [3.63, 3.8) is 0 Å². The zero-order chi connectivity index (χ0) is 26.7. The zero-order valence-electron chi connectivity index (χ0n) is 20.4. The Morgan fingerprint density at radius 1 is 0.838 bits per heavy atom. The summed E-state index contributed by atoms with van der Waals surface area (Å²) in [6.45, 7) is 0. The number of anilines is 1. The van der Waals surface area contributed by atoms with Gasteiger partial charge in [0.1, 0.15) is 11.5 Å². The fraction of sp³-hybridized carbons (Fsp3) is 0.179. The molecule has 4 rings (SSSR count). The monoisotopic (exact) mass is 503 g/mol. The van der Waals surface area contributed by atoms with Gasteiger partial charge in [-0.1, -0.05) is 30.3 Å². The molecule has 37 heavy (non-hydrogen) atoms. The molecule has 0 radical (unpaired) electrons. The van der Waals surface area contributed by atoms with Crippen molar-refractivity contribution < 1.29 is 38.8 Å². The number of ether oxygens (including phenoxy) is 3. The SMILES string of the molecule is COc1ccc(/C(O)=C2\C(=O)C(=O)N(c3ccc(CC(=O)O)cc3)C2c2ccccc2OC)cc1OC. The van der Waals surface area contributed by atoms with Crippen LogP contribution in [0.5, 0.6) is 17.2 Å². The minimum atomic E-state index is -1.02. The average Bonchev–Trinajstić information content (AvgIpc) is 3.17. The summed E-state index contributed by atoms with van der Waals surface area (Å²) in [7, 11) is 4.40. The van der Waals surface area contributed by atoms with Crippen LogP contribution < -0.4 is 19.1 Å². The number of aliphatic carboxylic acids is 1. The van der Waals surface area contributed by atoms with Crippen LogP contribution in [0.1, 0.15) is 22.7 Å². The first-order chi connectivity index (χ1) is 17.8. The van der Waals surface area contributed by atoms with Gasteiger partial charge >= 0.3 is 5.97 Å². The number of ketones is 1. The van der Waals surface area contributed by atoms with Crippen molar-refractivity contribution in [2.24, 2.45) is 0 Å². The second-order valence-corrected chi connectivity index (χ2v) is 8.22. The summed E-state index contributed by atoms with van der Waals surface area (Å²) >= 11 is 0. The molecule has 1 atom stereocenters. The molecular formula is C28H25NO8. The molecule has 0 spiro atoms. The maximum atomic E-state index is 13.4. The molecule has 1 aliphatic rings. The Labute approximate surface area is 213 Å². The van der Waals surface area contributed by atoms with Crippen LogP contribution >= 0.6 is 0 Å². The fourth-order valence-corrected chi connectivity index (χ4v) is 4.37. The highest BCUT2D eigenvalue weighted by atomic mass is 16.5. The highest BCUT2D eigenvalue weighted by molar-refractivity contribution is 6.51. The van der Waals surface area contributed by atoms with Crippen molar-refractivity contribution in [2.45, 2.75) is 12.5 Å². The Balaban J connectivity index is 1.92. The lowest BCUT2D eigenvalue weighted by molar-refractivity contribution is -0.136. The lowest BCUT2D eigenvalue weighted by Crippen LogP contribution is -2.29. The summed E-state index contributed by atoms with van der Waals surface area (Å²) in [4.78, 5) is 39.1. The van der Waals surface area contributed by atoms with Crippen molar-refractivity contribution in [3.8, 4) is 17.2 Å². The number of Topliss-reactive ketones (excluding diaryl/α,β-unsaturated/α-hetero) is 1. The molecule has 3 aromatic rings. The molecule has 1 amide bonds. The van der Waals surface area contributed by atoms with Crippen LogP contribution in [-0.4, -0.2) is 49.2 Å². The van der Waals surface area contributed by atoms with Crippen LogP contribution in [0.2, 0.25) is 0 Å². The minimum Gasteiger partial charge on any atom is -0.507 e. The molecule has 0 bridgehead atoms. The average molecular weight is 504 g/mol. The second-order valence-electron chi connectivity index (χ2n) is 8.22. The zero-order valence-corrected chi connectivity index (χ0v) is 20.4. The first-order valence-electron chi connectivity index (χ1n) is 11.3. The van der Waals surface area contributed by atoms with Crippen LogP contribution in [0.25, 0.3) is 5.76 Å². The number of carboxylic acid groups (broad SMARTS) is 1. The van der Waals surface area contributed by atoms with Gasteiger partial charge in [-0.15, -0.1) is 0 Å². The Bertz CT molecular complexity index is 1390. The van der Waals surface area contributed by atoms with Crippen LogP contribution in [0, 0.1) is 0 Å². The van der Waals surface area contributed by atoms with E-state index in [-0.39, 0.29) is 23.3 Å². The van der Waals surface area contributed by atoms with Gasteiger partial charge in [0.05, 0.1) is 39.4 Å². The van der Waals surface area contributed by atoms with Crippen LogP contribution in [0.3, 0.4) is 0 Å². The predicted octanol–water partition coefficient (Wildman–Crippen LogP) is 3.97. The van der Waals surface area contributed by atoms with Crippen LogP contribution in [0.15, 0.2) is 72.3 Å². The predicted molar refractivity (Wildman–Crippen MR) is 135 cm³/mol. The second kappa shape index (κ2) is 10.4. The molecule has 3 aromatic carbocycles. The third kappa shape index (κ3) is 4.71. The number of hydrogen-bond acceptors (Lipinski definition) is 7. The van der Waals surface area contributed by atoms with E-state index in [2.05, 4.69) is 0 Å². The number of rotatable bonds is 8. The Hall–Kier alpha value is -4.79. The number of aliphatic hydroxyl groups excluding tert-OH is 1. The van der Waals surface area contributed by atoms with Gasteiger partial charge in [-0.3, -0.25) is 19.3 Å². The van der Waals surface area contributed by atoms with Crippen molar-refractivity contribution in [1.29, 1.82) is 0 Å². The molecule has 0 saturated carbocycles. The number of benzene rings is 3. The van der Waals surface area contributed by atoms with Gasteiger partial charge in [0, 0.05) is 16.8 Å². The smallest absolute Gasteiger partial charge is 0.307 e. The number of hydrogen-bond donors (Lipinski definition) is 2. The first kappa shape index (κ1) is 25.3. The number of aliphatic hydroxyl groups is 1. The third-order valence-electron chi connectivity index (χ3n) is 6.10. The fourth-order valence-electron chi connectivity index (χ4n) is 4.37. The largest absolute Gasteiger partial charge is 0.507 e. The van der Waals surface area contributed by atoms with E-state index in [1.807, 2.05) is 0 Å². The van der Waals surface area contributed by atoms with Crippen LogP contribution in [0.4, 0.5) is 5.69 Å². The van der Waals surface area contributed by atoms with E-state index in [0.29, 0.717) is 34.1 Å². The topological polar surface area (TPSA) is 123 Å². The van der Waals surface area contributed by atoms with E-state index in [1.54, 1.807) is 60.7 Å². The first-order valence-corrected chi connectivity index (χ1v) is 11.3. The quantitative estimate of drug-likeness (QED) is 0.269. The lowest BCUT2D eigenvalue weighted by Gasteiger charge is -2.26. The summed E-state index contributed by atoms with van der Waals surface area (Å²) in [5.74, 6) is -1.91. The van der Waals surface area contributed by atoms with Crippen molar-refractivity contribution in [1.82, 2.24) is 0 Å². The molecule has 1 heterocycles. The van der Waals surface area contributed by atoms with Gasteiger partial charge in [0.2, 0.25) is 0 Å². The number of carboxylic acids is 1. The van der Waals surface area contributed by atoms with E-state index in [1.165, 1.54) is 32.3 Å². The third-order valence-corrected chi connectivity index (χ3v) is 6.10. The van der Waals surface area contributed by atoms with Gasteiger partial charge in [-0.05, 0) is 42.0 Å². The maximum Gasteiger partial charge on any atom is 0.307 e. The van der Waals surface area contributed by atoms with Gasteiger partial charge in [-0.25, -0.2) is 0 Å². The number of nitrogens with zero attached hydrogens (tertiary/aromatic N) is 1. The van der Waals surface area contributed by atoms with E-state index < -0.39 is 23.7 Å². The number of carbonyl (C=O) groups is 3. The number of para-hydroxylation sites is 1. The Kier molecular flexibility index (Phi) is 7.15. The molecule has 9 heteroatoms. The molecule has 9 nitrogen and oxygen atoms in total. The molecule has 1 unspecified atom stereocenters. The number of methoxy groups -OCH3 is 3. The van der Waals surface area contributed by atoms with Crippen molar-refractivity contribution >= 4 is 29.1 Å². The number of carbonyl (C=O) groups excluding carboxylic acids is 2. The van der Waals surface area contributed by atoms with E-state index in [0.717, 1.165) is 0 Å². The molecule has 190 valence electrons. The van der Waals surface area contributed by atoms with E-state index >= 15 is 0 Å². The summed E-state index contributed by atoms with van der Waals surface area (Å²) in [5, 5.41) is 20.4. The van der Waals surface area contributed by atoms with Crippen molar-refractivity contribution in [2.75, 3.05) is 26.2 Å². The molecule has 0 aliphatic carbocycles. The summed E-state index contributed by atoms with van der Waals surface area (Å²) in [6.07, 6.45) is -0.186. The van der Waals surface area contributed by atoms with Crippen molar-refractivity contribution in [3.05, 3.63) is 89.0 Å². The van der Waals surface area contributed by atoms with Gasteiger partial charge in [0.15, 0.2) is 11.5 Å². The van der Waals surface area contributed by atoms with E-state index in [4.69, 9.17) is 19.3 Å². The number of amides is 1. The Morgan fingerprint density at radius 3 is 2.11 bits per heavy atom. The molecular weight excluding hydrogens is 478 g/mol. The minimum absolute atomic E-state index is 0.128. The lowest BCUT2D eigenvalue weighted by atomic mass is 9.94. The summed E-state index contributed by atoms with van der Waals surface area (Å²) in [6, 6.07) is 16.8. The normalized spacial score (nSPS) is 16.5. The van der Waals surface area contributed by atoms with Gasteiger partial charge in [-0.2, -0.15) is 0 Å². The molecule has 0 aromatic heterocycles.